The lowest BCUT2D eigenvalue weighted by Gasteiger charge is -2.26. The minimum absolute atomic E-state index is 0.221. The molecule has 1 amide bonds. The molecule has 31 heavy (non-hydrogen) atoms. The number of imidazole rings is 1. The second kappa shape index (κ2) is 8.51. The molecule has 7 nitrogen and oxygen atoms in total. The molecule has 1 fully saturated rings. The smallest absolute Gasteiger partial charge is 0.258 e. The number of benzene rings is 2. The van der Waals surface area contributed by atoms with Gasteiger partial charge in [0.25, 0.3) is 5.89 Å². The van der Waals surface area contributed by atoms with E-state index in [4.69, 9.17) is 16.1 Å². The maximum absolute atomic E-state index is 12.5. The van der Waals surface area contributed by atoms with Gasteiger partial charge in [0.05, 0.1) is 17.4 Å². The number of hydrogen-bond acceptors (Lipinski definition) is 5. The van der Waals surface area contributed by atoms with Gasteiger partial charge in [-0.05, 0) is 55.7 Å². The molecule has 0 radical (unpaired) electrons. The molecule has 0 N–H and O–H groups in total. The molecule has 3 heterocycles. The summed E-state index contributed by atoms with van der Waals surface area (Å²) < 4.78 is 7.43. The van der Waals surface area contributed by atoms with Crippen molar-refractivity contribution in [2.24, 2.45) is 0 Å². The van der Waals surface area contributed by atoms with E-state index in [1.54, 1.807) is 18.5 Å². The van der Waals surface area contributed by atoms with Crippen molar-refractivity contribution < 1.29 is 9.32 Å². The molecule has 158 valence electrons. The van der Waals surface area contributed by atoms with Gasteiger partial charge in [0.15, 0.2) is 0 Å². The van der Waals surface area contributed by atoms with Crippen LogP contribution in [0.15, 0.2) is 53.3 Å². The number of amides is 1. The van der Waals surface area contributed by atoms with Gasteiger partial charge in [0, 0.05) is 42.2 Å². The van der Waals surface area contributed by atoms with Gasteiger partial charge in [0.2, 0.25) is 11.7 Å². The third kappa shape index (κ3) is 4.18. The summed E-state index contributed by atoms with van der Waals surface area (Å²) in [5.74, 6) is 1.13. The Morgan fingerprint density at radius 2 is 1.94 bits per heavy atom. The number of likely N-dealkylation sites (tertiary alicyclic amines) is 1. The SMILES string of the molecule is O=C(CCn1cnc2cc(-c3noc(-c4cccc(Cl)c4)n3)ccc21)N1CCCCC1. The average Bonchev–Trinajstić information content (AvgIpc) is 3.45. The molecule has 5 rings (SSSR count). The maximum atomic E-state index is 12.5. The zero-order chi connectivity index (χ0) is 21.2. The quantitative estimate of drug-likeness (QED) is 0.449. The number of carbonyl (C=O) groups excluding carboxylic acids is 1. The summed E-state index contributed by atoms with van der Waals surface area (Å²) in [5.41, 5.74) is 3.40. The summed E-state index contributed by atoms with van der Waals surface area (Å²) in [7, 11) is 0. The van der Waals surface area contributed by atoms with Gasteiger partial charge < -0.3 is 14.0 Å². The standard InChI is InChI=1S/C23H22ClN5O2/c24-18-6-4-5-17(13-18)23-26-22(27-31-23)16-7-8-20-19(14-16)25-15-29(20)12-9-21(30)28-10-2-1-3-11-28/h4-8,13-15H,1-3,9-12H2. The van der Waals surface area contributed by atoms with Crippen molar-refractivity contribution in [1.29, 1.82) is 0 Å². The number of rotatable bonds is 5. The van der Waals surface area contributed by atoms with Crippen molar-refractivity contribution in [2.75, 3.05) is 13.1 Å². The fraction of sp³-hybridized carbons (Fsp3) is 0.304. The summed E-state index contributed by atoms with van der Waals surface area (Å²) in [5, 5.41) is 4.72. The molecule has 2 aromatic carbocycles. The highest BCUT2D eigenvalue weighted by molar-refractivity contribution is 6.30. The first kappa shape index (κ1) is 19.8. The monoisotopic (exact) mass is 435 g/mol. The summed E-state index contributed by atoms with van der Waals surface area (Å²) in [4.78, 5) is 23.4. The largest absolute Gasteiger partial charge is 0.343 e. The fourth-order valence-corrected chi connectivity index (χ4v) is 4.17. The van der Waals surface area contributed by atoms with Crippen LogP contribution in [0.3, 0.4) is 0 Å². The molecular weight excluding hydrogens is 414 g/mol. The Hall–Kier alpha value is -3.19. The van der Waals surface area contributed by atoms with Crippen molar-refractivity contribution >= 4 is 28.5 Å². The molecule has 8 heteroatoms. The van der Waals surface area contributed by atoms with E-state index in [1.165, 1.54) is 6.42 Å². The lowest BCUT2D eigenvalue weighted by atomic mass is 10.1. The molecule has 1 aliphatic heterocycles. The van der Waals surface area contributed by atoms with Crippen LogP contribution in [0, 0.1) is 0 Å². The van der Waals surface area contributed by atoms with Crippen molar-refractivity contribution in [3.8, 4) is 22.8 Å². The van der Waals surface area contributed by atoms with Crippen LogP contribution >= 0.6 is 11.6 Å². The van der Waals surface area contributed by atoms with Crippen LogP contribution in [-0.2, 0) is 11.3 Å². The average molecular weight is 436 g/mol. The Balaban J connectivity index is 1.32. The second-order valence-electron chi connectivity index (χ2n) is 7.77. The van der Waals surface area contributed by atoms with Gasteiger partial charge in [-0.1, -0.05) is 22.8 Å². The fourth-order valence-electron chi connectivity index (χ4n) is 3.98. The van der Waals surface area contributed by atoms with Crippen molar-refractivity contribution in [3.63, 3.8) is 0 Å². The minimum Gasteiger partial charge on any atom is -0.343 e. The zero-order valence-electron chi connectivity index (χ0n) is 17.0. The van der Waals surface area contributed by atoms with Crippen LogP contribution in [0.5, 0.6) is 0 Å². The van der Waals surface area contributed by atoms with Gasteiger partial charge in [-0.3, -0.25) is 4.79 Å². The van der Waals surface area contributed by atoms with Crippen molar-refractivity contribution in [1.82, 2.24) is 24.6 Å². The molecule has 2 aromatic heterocycles. The first-order chi connectivity index (χ1) is 15.2. The molecule has 0 saturated carbocycles. The first-order valence-corrected chi connectivity index (χ1v) is 10.9. The van der Waals surface area contributed by atoms with Gasteiger partial charge in [-0.15, -0.1) is 0 Å². The Labute approximate surface area is 184 Å². The Morgan fingerprint density at radius 3 is 2.77 bits per heavy atom. The normalized spacial score (nSPS) is 14.3. The highest BCUT2D eigenvalue weighted by Gasteiger charge is 2.17. The van der Waals surface area contributed by atoms with Crippen LogP contribution in [0.25, 0.3) is 33.9 Å². The highest BCUT2D eigenvalue weighted by Crippen LogP contribution is 2.26. The van der Waals surface area contributed by atoms with Crippen LogP contribution < -0.4 is 0 Å². The van der Waals surface area contributed by atoms with Crippen LogP contribution in [0.2, 0.25) is 5.02 Å². The van der Waals surface area contributed by atoms with E-state index < -0.39 is 0 Å². The predicted octanol–water partition coefficient (Wildman–Crippen LogP) is 4.81. The van der Waals surface area contributed by atoms with Crippen LogP contribution in [0.4, 0.5) is 0 Å². The summed E-state index contributed by atoms with van der Waals surface area (Å²) in [6.45, 7) is 2.38. The predicted molar refractivity (Wildman–Crippen MR) is 119 cm³/mol. The van der Waals surface area contributed by atoms with E-state index in [2.05, 4.69) is 15.1 Å². The summed E-state index contributed by atoms with van der Waals surface area (Å²) in [6.07, 6.45) is 5.71. The van der Waals surface area contributed by atoms with E-state index in [1.807, 2.05) is 39.8 Å². The lowest BCUT2D eigenvalue weighted by Crippen LogP contribution is -2.35. The van der Waals surface area contributed by atoms with E-state index in [0.29, 0.717) is 29.7 Å². The summed E-state index contributed by atoms with van der Waals surface area (Å²) >= 11 is 6.05. The Morgan fingerprint density at radius 1 is 1.06 bits per heavy atom. The number of nitrogens with zero attached hydrogens (tertiary/aromatic N) is 5. The number of carbonyl (C=O) groups is 1. The topological polar surface area (TPSA) is 77.0 Å². The first-order valence-electron chi connectivity index (χ1n) is 10.5. The molecule has 0 atom stereocenters. The molecule has 1 saturated heterocycles. The minimum atomic E-state index is 0.221. The van der Waals surface area contributed by atoms with Gasteiger partial charge in [0.1, 0.15) is 0 Å². The number of halogens is 1. The number of fused-ring (bicyclic) bond motifs is 1. The molecule has 0 spiro atoms. The maximum Gasteiger partial charge on any atom is 0.258 e. The Bertz CT molecular complexity index is 1230. The van der Waals surface area contributed by atoms with E-state index >= 15 is 0 Å². The van der Waals surface area contributed by atoms with Crippen LogP contribution in [0.1, 0.15) is 25.7 Å². The second-order valence-corrected chi connectivity index (χ2v) is 8.20. The van der Waals surface area contributed by atoms with E-state index in [0.717, 1.165) is 48.1 Å². The van der Waals surface area contributed by atoms with Crippen molar-refractivity contribution in [3.05, 3.63) is 53.8 Å². The third-order valence-corrected chi connectivity index (χ3v) is 5.89. The van der Waals surface area contributed by atoms with Crippen molar-refractivity contribution in [2.45, 2.75) is 32.2 Å². The highest BCUT2D eigenvalue weighted by atomic mass is 35.5. The molecule has 0 unspecified atom stereocenters. The van der Waals surface area contributed by atoms with Gasteiger partial charge in [-0.25, -0.2) is 4.98 Å². The van der Waals surface area contributed by atoms with E-state index in [9.17, 15) is 4.79 Å². The molecular formula is C23H22ClN5O2. The molecule has 1 aliphatic rings. The zero-order valence-corrected chi connectivity index (χ0v) is 17.8. The number of piperidine rings is 1. The molecule has 0 aliphatic carbocycles. The van der Waals surface area contributed by atoms with Gasteiger partial charge in [-0.2, -0.15) is 4.98 Å². The molecule has 0 bridgehead atoms. The molecule has 4 aromatic rings. The third-order valence-electron chi connectivity index (χ3n) is 5.65. The number of aromatic nitrogens is 4. The van der Waals surface area contributed by atoms with Crippen LogP contribution in [-0.4, -0.2) is 43.6 Å². The Kier molecular flexibility index (Phi) is 5.42. The lowest BCUT2D eigenvalue weighted by molar-refractivity contribution is -0.132. The number of hydrogen-bond donors (Lipinski definition) is 0. The van der Waals surface area contributed by atoms with E-state index in [-0.39, 0.29) is 5.91 Å². The van der Waals surface area contributed by atoms with Gasteiger partial charge >= 0.3 is 0 Å². The summed E-state index contributed by atoms with van der Waals surface area (Å²) in [6, 6.07) is 13.2. The number of aryl methyl sites for hydroxylation is 1.